The van der Waals surface area contributed by atoms with Crippen LogP contribution in [0.3, 0.4) is 0 Å². The zero-order chi connectivity index (χ0) is 19.3. The molecule has 0 aromatic carbocycles. The van der Waals surface area contributed by atoms with E-state index >= 15 is 0 Å². The lowest BCUT2D eigenvalue weighted by molar-refractivity contribution is 0.0948. The highest BCUT2D eigenvalue weighted by Gasteiger charge is 2.42. The predicted molar refractivity (Wildman–Crippen MR) is 98.9 cm³/mol. The average Bonchev–Trinajstić information content (AvgIpc) is 3.29. The molecule has 2 aliphatic heterocycles. The number of ether oxygens (including phenoxy) is 1. The zero-order valence-electron chi connectivity index (χ0n) is 15.4. The highest BCUT2D eigenvalue weighted by Crippen LogP contribution is 2.44. The van der Waals surface area contributed by atoms with Gasteiger partial charge in [0.25, 0.3) is 5.91 Å². The number of halogens is 1. The molecule has 2 aliphatic rings. The lowest BCUT2D eigenvalue weighted by atomic mass is 9.89. The highest BCUT2D eigenvalue weighted by atomic mass is 19.1. The zero-order valence-corrected chi connectivity index (χ0v) is 15.4. The maximum atomic E-state index is 14.1. The van der Waals surface area contributed by atoms with Crippen molar-refractivity contribution >= 4 is 17.4 Å². The predicted octanol–water partition coefficient (Wildman–Crippen LogP) is 1.90. The first kappa shape index (κ1) is 16.9. The molecule has 3 aromatic heterocycles. The van der Waals surface area contributed by atoms with Gasteiger partial charge in [-0.15, -0.1) is 0 Å². The Bertz CT molecular complexity index is 1080. The molecule has 9 heteroatoms. The molecule has 28 heavy (non-hydrogen) atoms. The number of carbonyl (C=O) groups excluding carboxylic acids is 1. The van der Waals surface area contributed by atoms with Crippen molar-refractivity contribution in [3.8, 4) is 5.88 Å². The van der Waals surface area contributed by atoms with Crippen molar-refractivity contribution in [1.29, 1.82) is 0 Å². The summed E-state index contributed by atoms with van der Waals surface area (Å²) in [6, 6.07) is 3.35. The first-order valence-corrected chi connectivity index (χ1v) is 9.25. The second-order valence-electron chi connectivity index (χ2n) is 7.25. The van der Waals surface area contributed by atoms with Crippen LogP contribution in [0.2, 0.25) is 0 Å². The molecule has 1 N–H and O–H groups in total. The normalized spacial score (nSPS) is 21.9. The number of nitrogens with zero attached hydrogens (tertiary/aromatic N) is 5. The molecule has 3 aromatic rings. The van der Waals surface area contributed by atoms with Crippen LogP contribution in [0.5, 0.6) is 5.88 Å². The second-order valence-corrected chi connectivity index (χ2v) is 7.25. The number of fused-ring (bicyclic) bond motifs is 5. The Morgan fingerprint density at radius 2 is 2.25 bits per heavy atom. The largest absolute Gasteiger partial charge is 0.476 e. The molecule has 2 bridgehead atoms. The van der Waals surface area contributed by atoms with E-state index in [-0.39, 0.29) is 19.1 Å². The summed E-state index contributed by atoms with van der Waals surface area (Å²) in [6.45, 7) is 3.32. The minimum absolute atomic E-state index is 0.225. The van der Waals surface area contributed by atoms with Gasteiger partial charge in [-0.25, -0.2) is 18.9 Å². The molecule has 8 nitrogen and oxygen atoms in total. The van der Waals surface area contributed by atoms with E-state index in [1.54, 1.807) is 10.7 Å². The third-order valence-electron chi connectivity index (χ3n) is 5.54. The van der Waals surface area contributed by atoms with Gasteiger partial charge in [0.1, 0.15) is 23.8 Å². The molecular formula is C19H19FN6O2. The van der Waals surface area contributed by atoms with E-state index in [2.05, 4.69) is 27.2 Å². The van der Waals surface area contributed by atoms with Gasteiger partial charge in [0, 0.05) is 18.3 Å². The van der Waals surface area contributed by atoms with Gasteiger partial charge in [-0.2, -0.15) is 5.10 Å². The number of aromatic nitrogens is 4. The van der Waals surface area contributed by atoms with E-state index in [9.17, 15) is 9.18 Å². The third kappa shape index (κ3) is 2.49. The summed E-state index contributed by atoms with van der Waals surface area (Å²) in [6.07, 6.45) is 6.18. The van der Waals surface area contributed by atoms with E-state index in [1.165, 1.54) is 12.3 Å². The maximum absolute atomic E-state index is 14.1. The molecule has 0 radical (unpaired) electrons. The van der Waals surface area contributed by atoms with Gasteiger partial charge in [-0.1, -0.05) is 0 Å². The Morgan fingerprint density at radius 3 is 3.14 bits per heavy atom. The molecule has 0 unspecified atom stereocenters. The quantitative estimate of drug-likeness (QED) is 0.639. The summed E-state index contributed by atoms with van der Waals surface area (Å²) in [4.78, 5) is 23.6. The van der Waals surface area contributed by atoms with Crippen LogP contribution in [0.25, 0.3) is 5.65 Å². The van der Waals surface area contributed by atoms with Gasteiger partial charge in [0.15, 0.2) is 5.65 Å². The van der Waals surface area contributed by atoms with Crippen molar-refractivity contribution < 1.29 is 13.9 Å². The molecular weight excluding hydrogens is 363 g/mol. The number of anilines is 1. The van der Waals surface area contributed by atoms with E-state index in [0.717, 1.165) is 25.6 Å². The maximum Gasteiger partial charge on any atom is 0.256 e. The van der Waals surface area contributed by atoms with Gasteiger partial charge < -0.3 is 15.0 Å². The molecule has 0 saturated carbocycles. The van der Waals surface area contributed by atoms with E-state index in [0.29, 0.717) is 28.5 Å². The molecule has 144 valence electrons. The second kappa shape index (κ2) is 6.15. The fourth-order valence-corrected chi connectivity index (χ4v) is 4.12. The average molecular weight is 382 g/mol. The van der Waals surface area contributed by atoms with Crippen LogP contribution < -0.4 is 15.0 Å². The molecule has 0 aliphatic carbocycles. The number of pyridine rings is 1. The van der Waals surface area contributed by atoms with Gasteiger partial charge in [-0.05, 0) is 31.9 Å². The summed E-state index contributed by atoms with van der Waals surface area (Å²) in [5.74, 6) is 0.415. The molecule has 1 amide bonds. The summed E-state index contributed by atoms with van der Waals surface area (Å²) < 4.78 is 21.5. The van der Waals surface area contributed by atoms with Crippen molar-refractivity contribution in [1.82, 2.24) is 24.9 Å². The van der Waals surface area contributed by atoms with Crippen LogP contribution in [-0.2, 0) is 5.54 Å². The van der Waals surface area contributed by atoms with Crippen LogP contribution in [0.1, 0.15) is 35.7 Å². The Kier molecular flexibility index (Phi) is 3.71. The molecule has 5 rings (SSSR count). The van der Waals surface area contributed by atoms with Crippen molar-refractivity contribution in [2.45, 2.75) is 25.3 Å². The van der Waals surface area contributed by atoms with E-state index < -0.39 is 11.4 Å². The number of nitrogens with one attached hydrogen (secondary N) is 1. The Balaban J connectivity index is 1.72. The standard InChI is InChI=1S/C19H19FN6O2/c1-19-4-2-6-25(19)15-3-7-26-16(24-15)13(11-23-26)17(27)21-5-8-28-18-14(19)9-12(20)10-22-18/h3,7,9-11H,2,4-6,8H2,1H3,(H,21,27)/t19-/m1/s1. The van der Waals surface area contributed by atoms with Crippen LogP contribution >= 0.6 is 0 Å². The Hall–Kier alpha value is -3.23. The first-order valence-electron chi connectivity index (χ1n) is 9.25. The first-order chi connectivity index (χ1) is 13.6. The number of hydrogen-bond donors (Lipinski definition) is 1. The third-order valence-corrected chi connectivity index (χ3v) is 5.54. The minimum Gasteiger partial charge on any atom is -0.476 e. The van der Waals surface area contributed by atoms with E-state index in [4.69, 9.17) is 9.72 Å². The van der Waals surface area contributed by atoms with Gasteiger partial charge in [-0.3, -0.25) is 4.79 Å². The lowest BCUT2D eigenvalue weighted by Crippen LogP contribution is -2.40. The fourth-order valence-electron chi connectivity index (χ4n) is 4.12. The molecule has 5 heterocycles. The number of amides is 1. The van der Waals surface area contributed by atoms with Crippen LogP contribution in [0.15, 0.2) is 30.7 Å². The minimum atomic E-state index is -0.526. The van der Waals surface area contributed by atoms with Crippen molar-refractivity contribution in [2.24, 2.45) is 0 Å². The monoisotopic (exact) mass is 382 g/mol. The number of carbonyl (C=O) groups is 1. The van der Waals surface area contributed by atoms with Gasteiger partial charge >= 0.3 is 0 Å². The van der Waals surface area contributed by atoms with Gasteiger partial charge in [0.05, 0.1) is 24.5 Å². The Morgan fingerprint density at radius 1 is 1.36 bits per heavy atom. The summed E-state index contributed by atoms with van der Waals surface area (Å²) in [5, 5.41) is 7.02. The van der Waals surface area contributed by atoms with Crippen molar-refractivity contribution in [3.05, 3.63) is 47.7 Å². The van der Waals surface area contributed by atoms with Crippen LogP contribution in [0, 0.1) is 5.82 Å². The van der Waals surface area contributed by atoms with Crippen molar-refractivity contribution in [3.63, 3.8) is 0 Å². The van der Waals surface area contributed by atoms with Crippen molar-refractivity contribution in [2.75, 3.05) is 24.6 Å². The summed E-state index contributed by atoms with van der Waals surface area (Å²) in [7, 11) is 0. The molecule has 1 fully saturated rings. The summed E-state index contributed by atoms with van der Waals surface area (Å²) in [5.41, 5.74) is 1.05. The Labute approximate surface area is 160 Å². The van der Waals surface area contributed by atoms with E-state index in [1.807, 2.05) is 6.07 Å². The molecule has 1 atom stereocenters. The number of rotatable bonds is 0. The van der Waals surface area contributed by atoms with Crippen LogP contribution in [-0.4, -0.2) is 45.2 Å². The number of hydrogen-bond acceptors (Lipinski definition) is 6. The lowest BCUT2D eigenvalue weighted by Gasteiger charge is -2.37. The van der Waals surface area contributed by atoms with Gasteiger partial charge in [0.2, 0.25) is 5.88 Å². The SMILES string of the molecule is C[C@]12CCCN1c1ccn3ncc(c3n1)C(=O)NCCOc1ncc(F)cc12. The van der Waals surface area contributed by atoms with Crippen LogP contribution in [0.4, 0.5) is 10.2 Å². The fraction of sp³-hybridized carbons (Fsp3) is 0.368. The summed E-state index contributed by atoms with van der Waals surface area (Å²) >= 11 is 0. The smallest absolute Gasteiger partial charge is 0.256 e. The molecule has 1 saturated heterocycles. The topological polar surface area (TPSA) is 84.7 Å². The molecule has 0 spiro atoms. The highest BCUT2D eigenvalue weighted by molar-refractivity contribution is 5.99.